The minimum absolute atomic E-state index is 0.799. The first kappa shape index (κ1) is 15.2. The fourth-order valence-electron chi connectivity index (χ4n) is 6.22. The Labute approximate surface area is 165 Å². The Morgan fingerprint density at radius 3 is 1.48 bits per heavy atom. The lowest BCUT2D eigenvalue weighted by Gasteiger charge is -2.38. The van der Waals surface area contributed by atoms with Gasteiger partial charge in [0.15, 0.2) is 0 Å². The van der Waals surface area contributed by atoms with E-state index in [4.69, 9.17) is 0 Å². The molecule has 2 heteroatoms. The highest BCUT2D eigenvalue weighted by Crippen LogP contribution is 2.57. The third-order valence-corrected chi connectivity index (χ3v) is 8.82. The van der Waals surface area contributed by atoms with E-state index in [0.29, 0.717) is 0 Å². The lowest BCUT2D eigenvalue weighted by Crippen LogP contribution is -2.25. The summed E-state index contributed by atoms with van der Waals surface area (Å²) in [5, 5.41) is 5.37. The van der Waals surface area contributed by atoms with E-state index in [1.54, 1.807) is 11.1 Å². The van der Waals surface area contributed by atoms with Crippen molar-refractivity contribution in [3.8, 4) is 0 Å². The SMILES string of the molecule is Brc1c2ccccc2c(Br)c2cc3c(cc12)C1CC2CC(C1)CC3C2. The van der Waals surface area contributed by atoms with Gasteiger partial charge in [0.1, 0.15) is 0 Å². The molecule has 4 aliphatic rings. The van der Waals surface area contributed by atoms with Gasteiger partial charge in [0.2, 0.25) is 0 Å². The van der Waals surface area contributed by atoms with Gasteiger partial charge in [-0.05, 0) is 132 Å². The average Bonchev–Trinajstić information content (AvgIpc) is 2.79. The third kappa shape index (κ3) is 2.10. The van der Waals surface area contributed by atoms with Gasteiger partial charge in [0.25, 0.3) is 0 Å². The van der Waals surface area contributed by atoms with Crippen LogP contribution in [-0.4, -0.2) is 0 Å². The van der Waals surface area contributed by atoms with Gasteiger partial charge in [-0.25, -0.2) is 0 Å². The first-order valence-corrected chi connectivity index (χ1v) is 11.1. The smallest absolute Gasteiger partial charge is 0.0333 e. The molecule has 0 N–H and O–H groups in total. The molecule has 0 aromatic heterocycles. The summed E-state index contributed by atoms with van der Waals surface area (Å²) in [4.78, 5) is 0. The molecule has 2 saturated carbocycles. The fourth-order valence-corrected chi connectivity index (χ4v) is 7.57. The quantitative estimate of drug-likeness (QED) is 0.302. The van der Waals surface area contributed by atoms with Crippen LogP contribution >= 0.6 is 31.9 Å². The first-order valence-electron chi connectivity index (χ1n) is 9.52. The highest BCUT2D eigenvalue weighted by Gasteiger charge is 2.42. The van der Waals surface area contributed by atoms with Crippen LogP contribution in [0.1, 0.15) is 55.1 Å². The number of halogens is 2. The van der Waals surface area contributed by atoms with Crippen molar-refractivity contribution in [1.82, 2.24) is 0 Å². The summed E-state index contributed by atoms with van der Waals surface area (Å²) < 4.78 is 2.51. The molecule has 0 spiro atoms. The van der Waals surface area contributed by atoms with E-state index < -0.39 is 0 Å². The van der Waals surface area contributed by atoms with Crippen LogP contribution in [0.2, 0.25) is 0 Å². The molecular weight excluding hydrogens is 436 g/mol. The highest BCUT2D eigenvalue weighted by molar-refractivity contribution is 9.11. The standard InChI is InChI=1S/C23H20Br2/c24-22-16-3-1-2-4-17(16)23(25)21-11-19-15-8-12-5-13(9-15)7-14(6-12)18(19)10-20(21)22/h1-4,10-15H,5-9H2. The zero-order valence-corrected chi connectivity index (χ0v) is 17.2. The largest absolute Gasteiger partial charge is 0.0616 e. The molecule has 25 heavy (non-hydrogen) atoms. The summed E-state index contributed by atoms with van der Waals surface area (Å²) in [6, 6.07) is 13.8. The summed E-state index contributed by atoms with van der Waals surface area (Å²) in [5.74, 6) is 3.55. The van der Waals surface area contributed by atoms with Gasteiger partial charge < -0.3 is 0 Å². The van der Waals surface area contributed by atoms with Crippen molar-refractivity contribution in [3.05, 3.63) is 56.5 Å². The van der Waals surface area contributed by atoms with Crippen LogP contribution in [-0.2, 0) is 0 Å². The summed E-state index contributed by atoms with van der Waals surface area (Å²) >= 11 is 7.87. The molecule has 0 radical (unpaired) electrons. The van der Waals surface area contributed by atoms with E-state index in [-0.39, 0.29) is 0 Å². The number of benzene rings is 3. The molecule has 0 heterocycles. The maximum Gasteiger partial charge on any atom is 0.0333 e. The molecule has 0 unspecified atom stereocenters. The molecule has 126 valence electrons. The molecule has 0 nitrogen and oxygen atoms in total. The molecule has 0 amide bonds. The maximum atomic E-state index is 3.94. The Morgan fingerprint density at radius 2 is 1.04 bits per heavy atom. The van der Waals surface area contributed by atoms with Crippen molar-refractivity contribution in [1.29, 1.82) is 0 Å². The van der Waals surface area contributed by atoms with Gasteiger partial charge in [0, 0.05) is 8.95 Å². The summed E-state index contributed by atoms with van der Waals surface area (Å²) in [7, 11) is 0. The minimum atomic E-state index is 0.799. The minimum Gasteiger partial charge on any atom is -0.0616 e. The molecular formula is C23H20Br2. The number of fused-ring (bicyclic) bond motifs is 2. The average molecular weight is 456 g/mol. The summed E-state index contributed by atoms with van der Waals surface area (Å²) in [5.41, 5.74) is 3.34. The van der Waals surface area contributed by atoms with Crippen molar-refractivity contribution >= 4 is 53.4 Å². The lowest BCUT2D eigenvalue weighted by molar-refractivity contribution is 0.166. The second-order valence-electron chi connectivity index (χ2n) is 8.50. The fraction of sp³-hybridized carbons (Fsp3) is 0.391. The zero-order chi connectivity index (χ0) is 16.7. The molecule has 3 aromatic rings. The van der Waals surface area contributed by atoms with Crippen LogP contribution in [0.5, 0.6) is 0 Å². The molecule has 4 bridgehead atoms. The van der Waals surface area contributed by atoms with Crippen molar-refractivity contribution in [3.63, 3.8) is 0 Å². The Hall–Kier alpha value is -0.860. The Kier molecular flexibility index (Phi) is 3.24. The van der Waals surface area contributed by atoms with Crippen LogP contribution in [0, 0.1) is 11.8 Å². The zero-order valence-electron chi connectivity index (χ0n) is 14.1. The topological polar surface area (TPSA) is 0 Å². The number of hydrogen-bond acceptors (Lipinski definition) is 0. The molecule has 0 atom stereocenters. The van der Waals surface area contributed by atoms with Gasteiger partial charge in [-0.3, -0.25) is 0 Å². The molecule has 4 aliphatic carbocycles. The normalized spacial score (nSPS) is 30.0. The Balaban J connectivity index is 1.71. The molecule has 7 rings (SSSR count). The number of hydrogen-bond donors (Lipinski definition) is 0. The first-order chi connectivity index (χ1) is 12.2. The third-order valence-electron chi connectivity index (χ3n) is 7.11. The lowest BCUT2D eigenvalue weighted by atomic mass is 9.67. The predicted octanol–water partition coefficient (Wildman–Crippen LogP) is 7.91. The van der Waals surface area contributed by atoms with E-state index >= 15 is 0 Å². The molecule has 0 saturated heterocycles. The van der Waals surface area contributed by atoms with Crippen LogP contribution in [0.15, 0.2) is 45.3 Å². The van der Waals surface area contributed by atoms with Gasteiger partial charge in [-0.1, -0.05) is 24.3 Å². The van der Waals surface area contributed by atoms with Gasteiger partial charge in [-0.2, -0.15) is 0 Å². The van der Waals surface area contributed by atoms with Crippen molar-refractivity contribution in [2.24, 2.45) is 11.8 Å². The molecule has 3 aromatic carbocycles. The number of rotatable bonds is 0. The van der Waals surface area contributed by atoms with Crippen LogP contribution in [0.4, 0.5) is 0 Å². The van der Waals surface area contributed by atoms with Gasteiger partial charge >= 0.3 is 0 Å². The van der Waals surface area contributed by atoms with Crippen LogP contribution in [0.3, 0.4) is 0 Å². The van der Waals surface area contributed by atoms with Crippen molar-refractivity contribution in [2.75, 3.05) is 0 Å². The van der Waals surface area contributed by atoms with Crippen molar-refractivity contribution < 1.29 is 0 Å². The predicted molar refractivity (Wildman–Crippen MR) is 112 cm³/mol. The van der Waals surface area contributed by atoms with Gasteiger partial charge in [-0.15, -0.1) is 0 Å². The summed E-state index contributed by atoms with van der Waals surface area (Å²) in [6.07, 6.45) is 7.21. The van der Waals surface area contributed by atoms with E-state index in [0.717, 1.165) is 23.7 Å². The van der Waals surface area contributed by atoms with Crippen LogP contribution in [0.25, 0.3) is 21.5 Å². The maximum absolute atomic E-state index is 3.94. The summed E-state index contributed by atoms with van der Waals surface area (Å²) in [6.45, 7) is 0. The van der Waals surface area contributed by atoms with E-state index in [2.05, 4.69) is 68.3 Å². The Morgan fingerprint density at radius 1 is 0.600 bits per heavy atom. The Bertz CT molecular complexity index is 941. The highest BCUT2D eigenvalue weighted by atomic mass is 79.9. The van der Waals surface area contributed by atoms with E-state index in [1.165, 1.54) is 62.6 Å². The second kappa shape index (κ2) is 5.33. The molecule has 2 fully saturated rings. The second-order valence-corrected chi connectivity index (χ2v) is 10.1. The van der Waals surface area contributed by atoms with Crippen molar-refractivity contribution in [2.45, 2.75) is 43.9 Å². The van der Waals surface area contributed by atoms with Gasteiger partial charge in [0.05, 0.1) is 0 Å². The van der Waals surface area contributed by atoms with E-state index in [9.17, 15) is 0 Å². The molecule has 0 aliphatic heterocycles. The van der Waals surface area contributed by atoms with Crippen LogP contribution < -0.4 is 0 Å². The monoisotopic (exact) mass is 454 g/mol. The van der Waals surface area contributed by atoms with E-state index in [1.807, 2.05) is 0 Å².